The molecule has 2 rings (SSSR count). The van der Waals surface area contributed by atoms with Crippen LogP contribution in [0, 0.1) is 5.82 Å². The molecule has 0 fully saturated rings. The van der Waals surface area contributed by atoms with Crippen molar-refractivity contribution in [3.63, 3.8) is 0 Å². The molecule has 0 heterocycles. The highest BCUT2D eigenvalue weighted by Gasteiger charge is 2.11. The van der Waals surface area contributed by atoms with Gasteiger partial charge in [0.15, 0.2) is 0 Å². The lowest BCUT2D eigenvalue weighted by Crippen LogP contribution is -2.23. The summed E-state index contributed by atoms with van der Waals surface area (Å²) < 4.78 is 13.9. The van der Waals surface area contributed by atoms with E-state index in [9.17, 15) is 14.0 Å². The second-order valence-electron chi connectivity index (χ2n) is 5.96. The molecule has 26 heavy (non-hydrogen) atoms. The van der Waals surface area contributed by atoms with Crippen molar-refractivity contribution < 1.29 is 14.0 Å². The van der Waals surface area contributed by atoms with Gasteiger partial charge < -0.3 is 15.5 Å². The maximum Gasteiger partial charge on any atom is 0.255 e. The number of carbonyl (C=O) groups is 2. The number of amides is 2. The molecule has 5 nitrogen and oxygen atoms in total. The van der Waals surface area contributed by atoms with E-state index >= 15 is 0 Å². The number of anilines is 3. The fourth-order valence-electron chi connectivity index (χ4n) is 2.66. The monoisotopic (exact) mass is 357 g/mol. The zero-order valence-electron chi connectivity index (χ0n) is 15.3. The lowest BCUT2D eigenvalue weighted by Gasteiger charge is -2.22. The Balaban J connectivity index is 2.13. The standard InChI is InChI=1S/C20H24FN3O2/c1-4-12-24(5-2)17-9-6-15(7-10-17)20(26)23-19-13-16(22-14(3)25)8-11-18(19)21/h6-11,13H,4-5,12H2,1-3H3,(H,22,25)(H,23,26). The average Bonchev–Trinajstić information content (AvgIpc) is 2.62. The van der Waals surface area contributed by atoms with Gasteiger partial charge in [0.25, 0.3) is 5.91 Å². The van der Waals surface area contributed by atoms with Gasteiger partial charge in [0.1, 0.15) is 5.82 Å². The second kappa shape index (κ2) is 8.99. The zero-order chi connectivity index (χ0) is 19.1. The average molecular weight is 357 g/mol. The number of rotatable bonds is 7. The third kappa shape index (κ3) is 5.05. The molecule has 0 bridgehead atoms. The van der Waals surface area contributed by atoms with Crippen molar-refractivity contribution in [3.8, 4) is 0 Å². The van der Waals surface area contributed by atoms with Crippen molar-refractivity contribution >= 4 is 28.9 Å². The van der Waals surface area contributed by atoms with E-state index in [0.29, 0.717) is 11.3 Å². The van der Waals surface area contributed by atoms with Gasteiger partial charge in [-0.1, -0.05) is 6.92 Å². The summed E-state index contributed by atoms with van der Waals surface area (Å²) in [4.78, 5) is 25.7. The quantitative estimate of drug-likeness (QED) is 0.778. The minimum atomic E-state index is -0.566. The highest BCUT2D eigenvalue weighted by molar-refractivity contribution is 6.05. The largest absolute Gasteiger partial charge is 0.372 e. The normalized spacial score (nSPS) is 10.3. The van der Waals surface area contributed by atoms with Crippen molar-refractivity contribution in [2.24, 2.45) is 0 Å². The van der Waals surface area contributed by atoms with Crippen LogP contribution in [-0.2, 0) is 4.79 Å². The number of benzene rings is 2. The van der Waals surface area contributed by atoms with Crippen LogP contribution in [0.5, 0.6) is 0 Å². The molecule has 2 N–H and O–H groups in total. The fourth-order valence-corrected chi connectivity index (χ4v) is 2.66. The van der Waals surface area contributed by atoms with Crippen LogP contribution in [0.4, 0.5) is 21.5 Å². The first-order chi connectivity index (χ1) is 12.4. The van der Waals surface area contributed by atoms with Crippen molar-refractivity contribution in [3.05, 3.63) is 53.8 Å². The Bertz CT molecular complexity index is 775. The van der Waals surface area contributed by atoms with E-state index in [4.69, 9.17) is 0 Å². The molecule has 0 aliphatic rings. The Morgan fingerprint density at radius 1 is 1.04 bits per heavy atom. The smallest absolute Gasteiger partial charge is 0.255 e. The number of hydrogen-bond donors (Lipinski definition) is 2. The van der Waals surface area contributed by atoms with E-state index in [1.807, 2.05) is 12.1 Å². The molecule has 2 aromatic carbocycles. The van der Waals surface area contributed by atoms with E-state index in [1.54, 1.807) is 12.1 Å². The van der Waals surface area contributed by atoms with Crippen LogP contribution < -0.4 is 15.5 Å². The van der Waals surface area contributed by atoms with Crippen molar-refractivity contribution in [2.45, 2.75) is 27.2 Å². The Morgan fingerprint density at radius 3 is 2.31 bits per heavy atom. The lowest BCUT2D eigenvalue weighted by molar-refractivity contribution is -0.114. The van der Waals surface area contributed by atoms with Gasteiger partial charge in [-0.25, -0.2) is 4.39 Å². The first kappa shape index (κ1) is 19.4. The van der Waals surface area contributed by atoms with Crippen molar-refractivity contribution in [1.82, 2.24) is 0 Å². The van der Waals surface area contributed by atoms with Gasteiger partial charge in [-0.05, 0) is 55.8 Å². The lowest BCUT2D eigenvalue weighted by atomic mass is 10.1. The van der Waals surface area contributed by atoms with Crippen molar-refractivity contribution in [2.75, 3.05) is 28.6 Å². The fraction of sp³-hybridized carbons (Fsp3) is 0.300. The summed E-state index contributed by atoms with van der Waals surface area (Å²) in [5, 5.41) is 5.11. The van der Waals surface area contributed by atoms with Crippen LogP contribution in [0.3, 0.4) is 0 Å². The maximum atomic E-state index is 13.9. The maximum absolute atomic E-state index is 13.9. The first-order valence-corrected chi connectivity index (χ1v) is 8.68. The summed E-state index contributed by atoms with van der Waals surface area (Å²) in [7, 11) is 0. The predicted octanol–water partition coefficient (Wildman–Crippen LogP) is 4.27. The van der Waals surface area contributed by atoms with Crippen LogP contribution >= 0.6 is 0 Å². The molecule has 0 saturated carbocycles. The van der Waals surface area contributed by atoms with Gasteiger partial charge in [0.05, 0.1) is 5.69 Å². The topological polar surface area (TPSA) is 61.4 Å². The number of nitrogens with zero attached hydrogens (tertiary/aromatic N) is 1. The van der Waals surface area contributed by atoms with Gasteiger partial charge in [-0.2, -0.15) is 0 Å². The third-order valence-electron chi connectivity index (χ3n) is 3.90. The Kier molecular flexibility index (Phi) is 6.72. The minimum absolute atomic E-state index is 0.0199. The molecule has 0 aliphatic carbocycles. The van der Waals surface area contributed by atoms with Crippen molar-refractivity contribution in [1.29, 1.82) is 0 Å². The molecular formula is C20H24FN3O2. The van der Waals surface area contributed by atoms with Gasteiger partial charge in [0.2, 0.25) is 5.91 Å². The molecule has 138 valence electrons. The number of nitrogens with one attached hydrogen (secondary N) is 2. The van der Waals surface area contributed by atoms with Gasteiger partial charge in [-0.3, -0.25) is 9.59 Å². The predicted molar refractivity (Wildman–Crippen MR) is 103 cm³/mol. The van der Waals surface area contributed by atoms with Crippen LogP contribution in [0.1, 0.15) is 37.6 Å². The van der Waals surface area contributed by atoms with E-state index in [0.717, 1.165) is 25.2 Å². The van der Waals surface area contributed by atoms with Crippen LogP contribution in [0.25, 0.3) is 0 Å². The number of hydrogen-bond acceptors (Lipinski definition) is 3. The zero-order valence-corrected chi connectivity index (χ0v) is 15.3. The summed E-state index contributed by atoms with van der Waals surface area (Å²) in [5.41, 5.74) is 1.92. The Labute approximate surface area is 153 Å². The molecule has 2 amide bonds. The third-order valence-corrected chi connectivity index (χ3v) is 3.90. The van der Waals surface area contributed by atoms with Crippen LogP contribution in [0.15, 0.2) is 42.5 Å². The summed E-state index contributed by atoms with van der Waals surface area (Å²) >= 11 is 0. The number of carbonyl (C=O) groups excluding carboxylic acids is 2. The summed E-state index contributed by atoms with van der Waals surface area (Å²) in [6.45, 7) is 7.40. The van der Waals surface area contributed by atoms with Crippen LogP contribution in [0.2, 0.25) is 0 Å². The van der Waals surface area contributed by atoms with E-state index in [-0.39, 0.29) is 11.6 Å². The van der Waals surface area contributed by atoms with E-state index in [1.165, 1.54) is 25.1 Å². The number of halogens is 1. The Morgan fingerprint density at radius 2 is 1.73 bits per heavy atom. The summed E-state index contributed by atoms with van der Waals surface area (Å²) in [6.07, 6.45) is 1.04. The summed E-state index contributed by atoms with van der Waals surface area (Å²) in [5.74, 6) is -1.24. The molecule has 0 spiro atoms. The molecule has 6 heteroatoms. The van der Waals surface area contributed by atoms with E-state index < -0.39 is 11.7 Å². The molecular weight excluding hydrogens is 333 g/mol. The minimum Gasteiger partial charge on any atom is -0.372 e. The SMILES string of the molecule is CCCN(CC)c1ccc(C(=O)Nc2cc(NC(C)=O)ccc2F)cc1. The molecule has 0 radical (unpaired) electrons. The Hall–Kier alpha value is -2.89. The molecule has 0 unspecified atom stereocenters. The second-order valence-corrected chi connectivity index (χ2v) is 5.96. The first-order valence-electron chi connectivity index (χ1n) is 8.68. The van der Waals surface area contributed by atoms with E-state index in [2.05, 4.69) is 29.4 Å². The molecule has 2 aromatic rings. The highest BCUT2D eigenvalue weighted by Crippen LogP contribution is 2.21. The van der Waals surface area contributed by atoms with Gasteiger partial charge in [-0.15, -0.1) is 0 Å². The molecule has 0 atom stereocenters. The van der Waals surface area contributed by atoms with Crippen LogP contribution in [-0.4, -0.2) is 24.9 Å². The van der Waals surface area contributed by atoms with Gasteiger partial charge in [0, 0.05) is 37.0 Å². The van der Waals surface area contributed by atoms with Gasteiger partial charge >= 0.3 is 0 Å². The molecule has 0 saturated heterocycles. The highest BCUT2D eigenvalue weighted by atomic mass is 19.1. The molecule has 0 aliphatic heterocycles. The summed E-state index contributed by atoms with van der Waals surface area (Å²) in [6, 6.07) is 11.2. The molecule has 0 aromatic heterocycles.